The Morgan fingerprint density at radius 3 is 2.63 bits per heavy atom. The lowest BCUT2D eigenvalue weighted by atomic mass is 9.95. The average Bonchev–Trinajstić information content (AvgIpc) is 2.86. The molecular formula is C16H17N3. The fraction of sp³-hybridized carbons (Fsp3) is 0.188. The van der Waals surface area contributed by atoms with Gasteiger partial charge in [0.1, 0.15) is 5.82 Å². The molecule has 1 unspecified atom stereocenters. The summed E-state index contributed by atoms with van der Waals surface area (Å²) in [6, 6.07) is 14.9. The Kier molecular flexibility index (Phi) is 3.05. The highest BCUT2D eigenvalue weighted by atomic mass is 15.0. The molecule has 0 spiro atoms. The molecule has 0 saturated heterocycles. The molecule has 2 N–H and O–H groups in total. The molecule has 0 aliphatic rings. The predicted octanol–water partition coefficient (Wildman–Crippen LogP) is 2.66. The number of nitrogens with two attached hydrogens (primary N) is 1. The van der Waals surface area contributed by atoms with Crippen LogP contribution in [0.25, 0.3) is 10.8 Å². The highest BCUT2D eigenvalue weighted by molar-refractivity contribution is 5.83. The molecule has 0 amide bonds. The third-order valence-corrected chi connectivity index (χ3v) is 3.58. The normalized spacial score (nSPS) is 12.7. The molecular weight excluding hydrogens is 234 g/mol. The zero-order valence-corrected chi connectivity index (χ0v) is 11.0. The molecule has 1 heterocycles. The average molecular weight is 251 g/mol. The minimum Gasteiger partial charge on any atom is -0.337 e. The quantitative estimate of drug-likeness (QED) is 0.777. The molecule has 0 aliphatic heterocycles. The van der Waals surface area contributed by atoms with Crippen molar-refractivity contribution in [3.8, 4) is 0 Å². The third kappa shape index (κ3) is 2.13. The van der Waals surface area contributed by atoms with Crippen LogP contribution in [0.4, 0.5) is 0 Å². The van der Waals surface area contributed by atoms with Gasteiger partial charge in [-0.2, -0.15) is 0 Å². The minimum absolute atomic E-state index is 0.143. The van der Waals surface area contributed by atoms with E-state index in [1.807, 2.05) is 24.0 Å². The molecule has 3 heteroatoms. The second-order valence-corrected chi connectivity index (χ2v) is 4.79. The van der Waals surface area contributed by atoms with E-state index in [1.165, 1.54) is 16.3 Å². The van der Waals surface area contributed by atoms with E-state index in [9.17, 15) is 0 Å². The van der Waals surface area contributed by atoms with Gasteiger partial charge in [-0.1, -0.05) is 42.5 Å². The highest BCUT2D eigenvalue weighted by Gasteiger charge is 2.16. The third-order valence-electron chi connectivity index (χ3n) is 3.58. The summed E-state index contributed by atoms with van der Waals surface area (Å²) in [7, 11) is 2.01. The van der Waals surface area contributed by atoms with Crippen LogP contribution in [0, 0.1) is 0 Å². The van der Waals surface area contributed by atoms with E-state index in [-0.39, 0.29) is 5.92 Å². The van der Waals surface area contributed by atoms with Gasteiger partial charge < -0.3 is 10.3 Å². The fourth-order valence-corrected chi connectivity index (χ4v) is 2.53. The number of hydrogen-bond acceptors (Lipinski definition) is 2. The predicted molar refractivity (Wildman–Crippen MR) is 78.1 cm³/mol. The zero-order chi connectivity index (χ0) is 13.2. The summed E-state index contributed by atoms with van der Waals surface area (Å²) in [6.07, 6.45) is 3.78. The smallest absolute Gasteiger partial charge is 0.117 e. The van der Waals surface area contributed by atoms with Crippen LogP contribution >= 0.6 is 0 Å². The molecule has 2 aromatic carbocycles. The number of aromatic nitrogens is 2. The lowest BCUT2D eigenvalue weighted by Gasteiger charge is -2.15. The highest BCUT2D eigenvalue weighted by Crippen LogP contribution is 2.25. The molecule has 0 saturated carbocycles. The number of rotatable bonds is 3. The van der Waals surface area contributed by atoms with Gasteiger partial charge in [-0.05, 0) is 16.3 Å². The van der Waals surface area contributed by atoms with Gasteiger partial charge in [0.05, 0.1) is 5.92 Å². The van der Waals surface area contributed by atoms with E-state index in [1.54, 1.807) is 0 Å². The van der Waals surface area contributed by atoms with Crippen molar-refractivity contribution in [1.29, 1.82) is 0 Å². The summed E-state index contributed by atoms with van der Waals surface area (Å²) < 4.78 is 2.03. The van der Waals surface area contributed by atoms with Gasteiger partial charge in [0, 0.05) is 26.0 Å². The maximum Gasteiger partial charge on any atom is 0.117 e. The van der Waals surface area contributed by atoms with Crippen molar-refractivity contribution < 1.29 is 0 Å². The maximum atomic E-state index is 5.96. The molecule has 3 nitrogen and oxygen atoms in total. The Bertz CT molecular complexity index is 700. The molecule has 1 aromatic heterocycles. The molecule has 3 rings (SSSR count). The summed E-state index contributed by atoms with van der Waals surface area (Å²) in [4.78, 5) is 4.43. The van der Waals surface area contributed by atoms with Crippen LogP contribution < -0.4 is 5.73 Å². The first-order valence-corrected chi connectivity index (χ1v) is 6.45. The topological polar surface area (TPSA) is 43.8 Å². The Hall–Kier alpha value is -2.13. The number of hydrogen-bond donors (Lipinski definition) is 1. The van der Waals surface area contributed by atoms with Gasteiger partial charge in [0.25, 0.3) is 0 Å². The molecule has 3 aromatic rings. The van der Waals surface area contributed by atoms with Gasteiger partial charge in [-0.25, -0.2) is 4.98 Å². The minimum atomic E-state index is 0.143. The van der Waals surface area contributed by atoms with Crippen LogP contribution in [-0.2, 0) is 7.05 Å². The van der Waals surface area contributed by atoms with Gasteiger partial charge in [0.15, 0.2) is 0 Å². The van der Waals surface area contributed by atoms with Gasteiger partial charge >= 0.3 is 0 Å². The van der Waals surface area contributed by atoms with E-state index in [0.717, 1.165) is 5.82 Å². The lowest BCUT2D eigenvalue weighted by molar-refractivity contribution is 0.699. The molecule has 0 fully saturated rings. The van der Waals surface area contributed by atoms with E-state index in [4.69, 9.17) is 5.73 Å². The Balaban J connectivity index is 2.09. The monoisotopic (exact) mass is 251 g/mol. The SMILES string of the molecule is Cn1ccnc1C(CN)c1ccc2ccccc2c1. The van der Waals surface area contributed by atoms with Crippen molar-refractivity contribution in [2.45, 2.75) is 5.92 Å². The number of fused-ring (bicyclic) bond motifs is 1. The lowest BCUT2D eigenvalue weighted by Crippen LogP contribution is -2.17. The largest absolute Gasteiger partial charge is 0.337 e. The number of imidazole rings is 1. The first-order chi connectivity index (χ1) is 9.29. The van der Waals surface area contributed by atoms with Crippen LogP contribution in [0.3, 0.4) is 0 Å². The molecule has 0 bridgehead atoms. The summed E-state index contributed by atoms with van der Waals surface area (Å²) in [5, 5.41) is 2.49. The maximum absolute atomic E-state index is 5.96. The van der Waals surface area contributed by atoms with Crippen molar-refractivity contribution >= 4 is 10.8 Å². The summed E-state index contributed by atoms with van der Waals surface area (Å²) >= 11 is 0. The summed E-state index contributed by atoms with van der Waals surface area (Å²) in [5.74, 6) is 1.15. The van der Waals surface area contributed by atoms with Gasteiger partial charge in [-0.3, -0.25) is 0 Å². The van der Waals surface area contributed by atoms with Crippen molar-refractivity contribution in [1.82, 2.24) is 9.55 Å². The number of benzene rings is 2. The molecule has 0 radical (unpaired) electrons. The van der Waals surface area contributed by atoms with E-state index < -0.39 is 0 Å². The Morgan fingerprint density at radius 2 is 1.95 bits per heavy atom. The van der Waals surface area contributed by atoms with E-state index in [2.05, 4.69) is 47.4 Å². The van der Waals surface area contributed by atoms with Crippen molar-refractivity contribution in [3.63, 3.8) is 0 Å². The summed E-state index contributed by atoms with van der Waals surface area (Å²) in [5.41, 5.74) is 7.17. The van der Waals surface area contributed by atoms with Crippen LogP contribution in [-0.4, -0.2) is 16.1 Å². The van der Waals surface area contributed by atoms with Crippen molar-refractivity contribution in [2.75, 3.05) is 6.54 Å². The molecule has 96 valence electrons. The Labute approximate surface area is 112 Å². The van der Waals surface area contributed by atoms with Crippen molar-refractivity contribution in [3.05, 3.63) is 66.2 Å². The second-order valence-electron chi connectivity index (χ2n) is 4.79. The van der Waals surface area contributed by atoms with Crippen LogP contribution in [0.1, 0.15) is 17.3 Å². The van der Waals surface area contributed by atoms with Gasteiger partial charge in [-0.15, -0.1) is 0 Å². The number of nitrogens with zero attached hydrogens (tertiary/aromatic N) is 2. The van der Waals surface area contributed by atoms with Crippen molar-refractivity contribution in [2.24, 2.45) is 12.8 Å². The standard InChI is InChI=1S/C16H17N3/c1-19-9-8-18-16(19)15(11-17)14-7-6-12-4-2-3-5-13(12)10-14/h2-10,15H,11,17H2,1H3. The summed E-state index contributed by atoms with van der Waals surface area (Å²) in [6.45, 7) is 0.559. The Morgan fingerprint density at radius 1 is 1.16 bits per heavy atom. The zero-order valence-electron chi connectivity index (χ0n) is 11.0. The number of aryl methyl sites for hydroxylation is 1. The van der Waals surface area contributed by atoms with Gasteiger partial charge in [0.2, 0.25) is 0 Å². The second kappa shape index (κ2) is 4.86. The van der Waals surface area contributed by atoms with Crippen LogP contribution in [0.5, 0.6) is 0 Å². The van der Waals surface area contributed by atoms with Crippen LogP contribution in [0.15, 0.2) is 54.9 Å². The van der Waals surface area contributed by atoms with E-state index in [0.29, 0.717) is 6.54 Å². The molecule has 1 atom stereocenters. The first kappa shape index (κ1) is 11.9. The van der Waals surface area contributed by atoms with Crippen LogP contribution in [0.2, 0.25) is 0 Å². The molecule has 0 aliphatic carbocycles. The fourth-order valence-electron chi connectivity index (χ4n) is 2.53. The molecule has 19 heavy (non-hydrogen) atoms. The van der Waals surface area contributed by atoms with E-state index >= 15 is 0 Å². The first-order valence-electron chi connectivity index (χ1n) is 6.45.